The van der Waals surface area contributed by atoms with Crippen LogP contribution in [0.15, 0.2) is 4.42 Å². The number of aromatic nitrogens is 2. The summed E-state index contributed by atoms with van der Waals surface area (Å²) in [6.45, 7) is 10.5. The van der Waals surface area contributed by atoms with Gasteiger partial charge >= 0.3 is 5.97 Å². The fourth-order valence-electron chi connectivity index (χ4n) is 1.85. The van der Waals surface area contributed by atoms with E-state index in [1.54, 1.807) is 6.92 Å². The fraction of sp³-hybridized carbons (Fsp3) is 0.800. The molecule has 0 aliphatic heterocycles. The number of nitrogens with zero attached hydrogens (tertiary/aromatic N) is 2. The Morgan fingerprint density at radius 3 is 2.48 bits per heavy atom. The van der Waals surface area contributed by atoms with Crippen molar-refractivity contribution in [1.29, 1.82) is 0 Å². The number of carboxylic acid groups (broad SMARTS) is 1. The fourth-order valence-corrected chi connectivity index (χ4v) is 1.85. The van der Waals surface area contributed by atoms with Gasteiger partial charge in [-0.3, -0.25) is 4.79 Å². The van der Waals surface area contributed by atoms with Crippen LogP contribution in [0, 0.1) is 5.92 Å². The van der Waals surface area contributed by atoms with E-state index in [0.29, 0.717) is 24.7 Å². The summed E-state index contributed by atoms with van der Waals surface area (Å²) in [4.78, 5) is 10.7. The van der Waals surface area contributed by atoms with Crippen molar-refractivity contribution in [1.82, 2.24) is 15.5 Å². The second kappa shape index (κ2) is 7.54. The van der Waals surface area contributed by atoms with E-state index in [0.717, 1.165) is 12.8 Å². The molecule has 6 heteroatoms. The molecule has 2 N–H and O–H groups in total. The third kappa shape index (κ3) is 6.25. The average Bonchev–Trinajstić information content (AvgIpc) is 2.84. The Morgan fingerprint density at radius 2 is 1.95 bits per heavy atom. The minimum atomic E-state index is -0.726. The van der Waals surface area contributed by atoms with E-state index in [1.165, 1.54) is 0 Å². The van der Waals surface area contributed by atoms with Crippen molar-refractivity contribution in [2.75, 3.05) is 0 Å². The maximum Gasteiger partial charge on any atom is 0.306 e. The molecule has 0 fully saturated rings. The Balaban J connectivity index is 2.28. The van der Waals surface area contributed by atoms with Crippen LogP contribution in [0.25, 0.3) is 0 Å². The molecule has 120 valence electrons. The number of carboxylic acids is 1. The smallest absolute Gasteiger partial charge is 0.306 e. The first-order valence-corrected chi connectivity index (χ1v) is 7.49. The Morgan fingerprint density at radius 1 is 1.29 bits per heavy atom. The van der Waals surface area contributed by atoms with Crippen LogP contribution in [0.2, 0.25) is 0 Å². The number of nitrogens with one attached hydrogen (secondary N) is 1. The normalized spacial score (nSPS) is 14.9. The highest BCUT2D eigenvalue weighted by Crippen LogP contribution is 2.20. The molecule has 0 spiro atoms. The second-order valence-corrected chi connectivity index (χ2v) is 6.70. The summed E-state index contributed by atoms with van der Waals surface area (Å²) < 4.78 is 5.61. The van der Waals surface area contributed by atoms with Gasteiger partial charge in [-0.15, -0.1) is 10.2 Å². The first-order chi connectivity index (χ1) is 9.70. The van der Waals surface area contributed by atoms with Gasteiger partial charge in [0.2, 0.25) is 11.8 Å². The third-order valence-electron chi connectivity index (χ3n) is 3.41. The van der Waals surface area contributed by atoms with E-state index >= 15 is 0 Å². The zero-order chi connectivity index (χ0) is 16.0. The number of rotatable bonds is 8. The maximum atomic E-state index is 10.7. The van der Waals surface area contributed by atoms with Crippen molar-refractivity contribution >= 4 is 5.97 Å². The van der Waals surface area contributed by atoms with E-state index < -0.39 is 5.97 Å². The van der Waals surface area contributed by atoms with E-state index in [4.69, 9.17) is 9.52 Å². The van der Waals surface area contributed by atoms with Gasteiger partial charge in [-0.25, -0.2) is 0 Å². The molecule has 0 radical (unpaired) electrons. The molecule has 2 atom stereocenters. The van der Waals surface area contributed by atoms with Crippen molar-refractivity contribution in [3.05, 3.63) is 11.8 Å². The van der Waals surface area contributed by atoms with Crippen LogP contribution in [0.4, 0.5) is 0 Å². The standard InChI is InChI=1S/C15H27N3O3/c1-10(13(19)20)7-6-8-11(2)16-9-12-17-18-14(21-12)15(3,4)5/h10-11,16H,6-9H2,1-5H3,(H,19,20). The summed E-state index contributed by atoms with van der Waals surface area (Å²) in [6, 6.07) is 0.288. The molecule has 1 heterocycles. The molecule has 6 nitrogen and oxygen atoms in total. The third-order valence-corrected chi connectivity index (χ3v) is 3.41. The monoisotopic (exact) mass is 297 g/mol. The van der Waals surface area contributed by atoms with Crippen LogP contribution in [-0.2, 0) is 16.8 Å². The number of carbonyl (C=O) groups is 1. The van der Waals surface area contributed by atoms with Crippen molar-refractivity contribution < 1.29 is 14.3 Å². The summed E-state index contributed by atoms with van der Waals surface area (Å²) in [7, 11) is 0. The van der Waals surface area contributed by atoms with E-state index in [9.17, 15) is 4.79 Å². The Labute approximate surface area is 126 Å². The first kappa shape index (κ1) is 17.6. The Hall–Kier alpha value is -1.43. The SMILES string of the molecule is CC(CCCC(C)C(=O)O)NCc1nnc(C(C)(C)C)o1. The highest BCUT2D eigenvalue weighted by atomic mass is 16.4. The first-order valence-electron chi connectivity index (χ1n) is 7.49. The summed E-state index contributed by atoms with van der Waals surface area (Å²) in [5, 5.41) is 20.2. The topological polar surface area (TPSA) is 88.2 Å². The minimum Gasteiger partial charge on any atom is -0.481 e. The van der Waals surface area contributed by atoms with Gasteiger partial charge in [-0.2, -0.15) is 0 Å². The van der Waals surface area contributed by atoms with Crippen LogP contribution >= 0.6 is 0 Å². The lowest BCUT2D eigenvalue weighted by atomic mass is 9.97. The Bertz CT molecular complexity index is 451. The van der Waals surface area contributed by atoms with Crippen LogP contribution in [0.1, 0.15) is 65.7 Å². The van der Waals surface area contributed by atoms with Gasteiger partial charge in [0, 0.05) is 11.5 Å². The van der Waals surface area contributed by atoms with Gasteiger partial charge in [-0.05, 0) is 19.8 Å². The Kier molecular flexibility index (Phi) is 6.33. The van der Waals surface area contributed by atoms with Crippen molar-refractivity contribution in [3.8, 4) is 0 Å². The molecule has 21 heavy (non-hydrogen) atoms. The highest BCUT2D eigenvalue weighted by molar-refractivity contribution is 5.69. The largest absolute Gasteiger partial charge is 0.481 e. The lowest BCUT2D eigenvalue weighted by molar-refractivity contribution is -0.141. The van der Waals surface area contributed by atoms with Crippen molar-refractivity contribution in [2.24, 2.45) is 5.92 Å². The molecule has 1 aromatic heterocycles. The summed E-state index contributed by atoms with van der Waals surface area (Å²) >= 11 is 0. The van der Waals surface area contributed by atoms with Gasteiger partial charge in [0.15, 0.2) is 0 Å². The number of hydrogen-bond donors (Lipinski definition) is 2. The van der Waals surface area contributed by atoms with Gasteiger partial charge in [0.05, 0.1) is 12.5 Å². The molecule has 0 aliphatic carbocycles. The lowest BCUT2D eigenvalue weighted by Gasteiger charge is -2.13. The highest BCUT2D eigenvalue weighted by Gasteiger charge is 2.21. The predicted octanol–water partition coefficient (Wildman–Crippen LogP) is 2.74. The van der Waals surface area contributed by atoms with E-state index in [1.807, 2.05) is 20.8 Å². The van der Waals surface area contributed by atoms with E-state index in [-0.39, 0.29) is 17.4 Å². The van der Waals surface area contributed by atoms with Crippen molar-refractivity contribution in [3.63, 3.8) is 0 Å². The molecule has 0 bridgehead atoms. The van der Waals surface area contributed by atoms with Crippen LogP contribution in [0.3, 0.4) is 0 Å². The van der Waals surface area contributed by atoms with E-state index in [2.05, 4.69) is 22.4 Å². The molecule has 0 aromatic carbocycles. The van der Waals surface area contributed by atoms with Gasteiger partial charge < -0.3 is 14.8 Å². The molecule has 0 saturated heterocycles. The van der Waals surface area contributed by atoms with Crippen LogP contribution in [0.5, 0.6) is 0 Å². The van der Waals surface area contributed by atoms with Gasteiger partial charge in [-0.1, -0.05) is 34.1 Å². The van der Waals surface area contributed by atoms with Crippen LogP contribution < -0.4 is 5.32 Å². The second-order valence-electron chi connectivity index (χ2n) is 6.70. The van der Waals surface area contributed by atoms with Gasteiger partial charge in [0.25, 0.3) is 0 Å². The molecule has 1 aromatic rings. The lowest BCUT2D eigenvalue weighted by Crippen LogP contribution is -2.25. The molecule has 1 rings (SSSR count). The minimum absolute atomic E-state index is 0.135. The molecule has 0 aliphatic rings. The number of hydrogen-bond acceptors (Lipinski definition) is 5. The summed E-state index contributed by atoms with van der Waals surface area (Å²) in [5.41, 5.74) is -0.135. The maximum absolute atomic E-state index is 10.7. The van der Waals surface area contributed by atoms with Crippen molar-refractivity contribution in [2.45, 2.75) is 71.9 Å². The zero-order valence-corrected chi connectivity index (χ0v) is 13.6. The zero-order valence-electron chi connectivity index (χ0n) is 13.6. The average molecular weight is 297 g/mol. The quantitative estimate of drug-likeness (QED) is 0.767. The summed E-state index contributed by atoms with van der Waals surface area (Å²) in [6.07, 6.45) is 2.52. The van der Waals surface area contributed by atoms with Crippen LogP contribution in [-0.4, -0.2) is 27.3 Å². The molecule has 0 amide bonds. The number of aliphatic carboxylic acids is 1. The van der Waals surface area contributed by atoms with Gasteiger partial charge in [0.1, 0.15) is 0 Å². The molecule has 2 unspecified atom stereocenters. The molecule has 0 saturated carbocycles. The molecular formula is C15H27N3O3. The molecular weight excluding hydrogens is 270 g/mol. The summed E-state index contributed by atoms with van der Waals surface area (Å²) in [5.74, 6) is 0.228. The predicted molar refractivity (Wildman–Crippen MR) is 80.0 cm³/mol.